The second-order valence-electron chi connectivity index (χ2n) is 5.10. The number of carbonyl (C=O) groups is 2. The maximum Gasteiger partial charge on any atom is 0.371 e. The van der Waals surface area contributed by atoms with Crippen molar-refractivity contribution in [2.45, 2.75) is 13.3 Å². The monoisotopic (exact) mass is 311 g/mol. The van der Waals surface area contributed by atoms with Crippen molar-refractivity contribution in [3.63, 3.8) is 0 Å². The van der Waals surface area contributed by atoms with Gasteiger partial charge in [-0.25, -0.2) is 4.79 Å². The highest BCUT2D eigenvalue weighted by Gasteiger charge is 2.15. The number of Topliss-reactive ketones (excluding diaryl/α,β-unsaturated/α-hetero) is 1. The van der Waals surface area contributed by atoms with Gasteiger partial charge in [0.05, 0.1) is 0 Å². The predicted molar refractivity (Wildman–Crippen MR) is 82.7 cm³/mol. The summed E-state index contributed by atoms with van der Waals surface area (Å²) in [6, 6.07) is 4.86. The van der Waals surface area contributed by atoms with E-state index in [-0.39, 0.29) is 24.0 Å². The van der Waals surface area contributed by atoms with Crippen molar-refractivity contribution in [2.24, 2.45) is 0 Å². The summed E-state index contributed by atoms with van der Waals surface area (Å²) in [7, 11) is 3.83. The average molecular weight is 312 g/mol. The Morgan fingerprint density at radius 1 is 1.24 bits per heavy atom. The van der Waals surface area contributed by atoms with E-state index in [2.05, 4.69) is 0 Å². The van der Waals surface area contributed by atoms with E-state index in [1.54, 1.807) is 12.1 Å². The first-order chi connectivity index (χ1) is 9.38. The molecule has 0 bridgehead atoms. The summed E-state index contributed by atoms with van der Waals surface area (Å²) in [5.74, 6) is -1.17. The van der Waals surface area contributed by atoms with Gasteiger partial charge in [0.15, 0.2) is 5.78 Å². The lowest BCUT2D eigenvalue weighted by molar-refractivity contribution is 0.0664. The van der Waals surface area contributed by atoms with Crippen molar-refractivity contribution < 1.29 is 19.1 Å². The quantitative estimate of drug-likeness (QED) is 0.860. The Labute approximate surface area is 128 Å². The number of benzene rings is 1. The zero-order chi connectivity index (χ0) is 14.9. The Hall–Kier alpha value is -1.85. The fourth-order valence-electron chi connectivity index (χ4n) is 2.05. The number of halogens is 1. The number of carboxylic acids is 1. The minimum atomic E-state index is -1.11. The lowest BCUT2D eigenvalue weighted by Crippen LogP contribution is -2.17. The summed E-state index contributed by atoms with van der Waals surface area (Å²) in [6.07, 6.45) is 0.434. The molecule has 0 aliphatic heterocycles. The first-order valence-electron chi connectivity index (χ1n) is 6.34. The number of fused-ring (bicyclic) bond motifs is 1. The van der Waals surface area contributed by atoms with Gasteiger partial charge in [0, 0.05) is 23.9 Å². The molecule has 2 rings (SSSR count). The van der Waals surface area contributed by atoms with Crippen LogP contribution < -0.4 is 0 Å². The number of aromatic carboxylic acids is 1. The van der Waals surface area contributed by atoms with Crippen molar-refractivity contribution in [3.8, 4) is 0 Å². The van der Waals surface area contributed by atoms with Gasteiger partial charge in [-0.05, 0) is 44.8 Å². The molecule has 0 aliphatic rings. The minimum Gasteiger partial charge on any atom is -0.475 e. The van der Waals surface area contributed by atoms with Crippen molar-refractivity contribution in [3.05, 3.63) is 35.1 Å². The number of hydrogen-bond acceptors (Lipinski definition) is 4. The van der Waals surface area contributed by atoms with Gasteiger partial charge in [-0.2, -0.15) is 0 Å². The van der Waals surface area contributed by atoms with Crippen molar-refractivity contribution >= 4 is 35.1 Å². The minimum absolute atomic E-state index is 0. The number of aryl methyl sites for hydroxylation is 1. The van der Waals surface area contributed by atoms with Gasteiger partial charge in [0.2, 0.25) is 5.76 Å². The predicted octanol–water partition coefficient (Wildman–Crippen LogP) is 3.00. The van der Waals surface area contributed by atoms with Crippen LogP contribution in [0.3, 0.4) is 0 Å². The molecule has 1 aromatic carbocycles. The molecule has 6 heteroatoms. The fourth-order valence-corrected chi connectivity index (χ4v) is 2.05. The number of furan rings is 1. The maximum absolute atomic E-state index is 12.2. The number of rotatable bonds is 5. The summed E-state index contributed by atoms with van der Waals surface area (Å²) < 4.78 is 5.22. The standard InChI is InChI=1S/C15H17NO4.ClH/c1-9-6-13-10(8-14(20-13)15(18)19)7-11(9)12(17)4-5-16(2)3;/h6-8H,4-5H2,1-3H3,(H,18,19);1H. The fraction of sp³-hybridized carbons (Fsp3) is 0.333. The SMILES string of the molecule is Cc1cc2oc(C(=O)O)cc2cc1C(=O)CCN(C)C.Cl. The molecule has 0 fully saturated rings. The molecular formula is C15H18ClNO4. The maximum atomic E-state index is 12.2. The van der Waals surface area contributed by atoms with E-state index in [0.29, 0.717) is 29.5 Å². The van der Waals surface area contributed by atoms with E-state index in [1.807, 2.05) is 25.9 Å². The Bertz CT molecular complexity index is 676. The summed E-state index contributed by atoms with van der Waals surface area (Å²) in [5.41, 5.74) is 1.91. The van der Waals surface area contributed by atoms with Crippen LogP contribution in [0.15, 0.2) is 22.6 Å². The number of nitrogens with zero attached hydrogens (tertiary/aromatic N) is 1. The number of carbonyl (C=O) groups excluding carboxylic acids is 1. The highest BCUT2D eigenvalue weighted by atomic mass is 35.5. The zero-order valence-electron chi connectivity index (χ0n) is 12.2. The second kappa shape index (κ2) is 6.74. The zero-order valence-corrected chi connectivity index (χ0v) is 13.0. The second-order valence-corrected chi connectivity index (χ2v) is 5.10. The Kier molecular flexibility index (Phi) is 5.52. The van der Waals surface area contributed by atoms with Crippen molar-refractivity contribution in [1.82, 2.24) is 4.90 Å². The van der Waals surface area contributed by atoms with E-state index < -0.39 is 5.97 Å². The summed E-state index contributed by atoms with van der Waals surface area (Å²) >= 11 is 0. The van der Waals surface area contributed by atoms with E-state index in [1.165, 1.54) is 6.07 Å². The van der Waals surface area contributed by atoms with Crippen LogP contribution in [0.5, 0.6) is 0 Å². The van der Waals surface area contributed by atoms with E-state index in [4.69, 9.17) is 9.52 Å². The molecule has 0 saturated heterocycles. The van der Waals surface area contributed by atoms with E-state index in [9.17, 15) is 9.59 Å². The Balaban J connectivity index is 0.00000220. The number of ketones is 1. The van der Waals surface area contributed by atoms with Crippen LogP contribution in [-0.4, -0.2) is 42.4 Å². The topological polar surface area (TPSA) is 70.7 Å². The van der Waals surface area contributed by atoms with Crippen molar-refractivity contribution in [1.29, 1.82) is 0 Å². The largest absolute Gasteiger partial charge is 0.475 e. The van der Waals surface area contributed by atoms with Gasteiger partial charge >= 0.3 is 5.97 Å². The molecule has 114 valence electrons. The van der Waals surface area contributed by atoms with Gasteiger partial charge in [0.1, 0.15) is 5.58 Å². The molecule has 0 atom stereocenters. The molecule has 1 heterocycles. The molecule has 1 aromatic heterocycles. The molecular weight excluding hydrogens is 294 g/mol. The molecule has 2 aromatic rings. The van der Waals surface area contributed by atoms with Crippen LogP contribution in [0.25, 0.3) is 11.0 Å². The molecule has 21 heavy (non-hydrogen) atoms. The van der Waals surface area contributed by atoms with E-state index >= 15 is 0 Å². The Morgan fingerprint density at radius 3 is 2.48 bits per heavy atom. The molecule has 0 aliphatic carbocycles. The lowest BCUT2D eigenvalue weighted by atomic mass is 10.0. The van der Waals surface area contributed by atoms with Gasteiger partial charge in [0.25, 0.3) is 0 Å². The van der Waals surface area contributed by atoms with Crippen LogP contribution in [0.2, 0.25) is 0 Å². The van der Waals surface area contributed by atoms with E-state index in [0.717, 1.165) is 5.56 Å². The van der Waals surface area contributed by atoms with Crippen LogP contribution in [-0.2, 0) is 0 Å². The van der Waals surface area contributed by atoms with Gasteiger partial charge in [-0.15, -0.1) is 12.4 Å². The highest BCUT2D eigenvalue weighted by Crippen LogP contribution is 2.24. The highest BCUT2D eigenvalue weighted by molar-refractivity contribution is 6.01. The summed E-state index contributed by atoms with van der Waals surface area (Å²) in [5, 5.41) is 9.55. The third-order valence-electron chi connectivity index (χ3n) is 3.16. The summed E-state index contributed by atoms with van der Waals surface area (Å²) in [4.78, 5) is 25.0. The molecule has 5 nitrogen and oxygen atoms in total. The van der Waals surface area contributed by atoms with Crippen LogP contribution in [0.4, 0.5) is 0 Å². The lowest BCUT2D eigenvalue weighted by Gasteiger charge is -2.09. The molecule has 1 N–H and O–H groups in total. The normalized spacial score (nSPS) is 10.7. The third kappa shape index (κ3) is 3.83. The molecule has 0 amide bonds. The molecule has 0 spiro atoms. The number of carboxylic acid groups (broad SMARTS) is 1. The van der Waals surface area contributed by atoms with Crippen LogP contribution in [0, 0.1) is 6.92 Å². The average Bonchev–Trinajstić information content (AvgIpc) is 2.77. The van der Waals surface area contributed by atoms with Gasteiger partial charge < -0.3 is 14.4 Å². The molecule has 0 unspecified atom stereocenters. The van der Waals surface area contributed by atoms with Gasteiger partial charge in [-0.1, -0.05) is 0 Å². The van der Waals surface area contributed by atoms with Crippen LogP contribution >= 0.6 is 12.4 Å². The first kappa shape index (κ1) is 17.2. The molecule has 0 saturated carbocycles. The Morgan fingerprint density at radius 2 is 1.90 bits per heavy atom. The smallest absolute Gasteiger partial charge is 0.371 e. The summed E-state index contributed by atoms with van der Waals surface area (Å²) in [6.45, 7) is 2.51. The van der Waals surface area contributed by atoms with Crippen LogP contribution in [0.1, 0.15) is 32.9 Å². The third-order valence-corrected chi connectivity index (χ3v) is 3.16. The first-order valence-corrected chi connectivity index (χ1v) is 6.34. The van der Waals surface area contributed by atoms with Gasteiger partial charge in [-0.3, -0.25) is 4.79 Å². The number of hydrogen-bond donors (Lipinski definition) is 1. The molecule has 0 radical (unpaired) electrons. The van der Waals surface area contributed by atoms with Crippen molar-refractivity contribution in [2.75, 3.05) is 20.6 Å².